The second-order valence-corrected chi connectivity index (χ2v) is 7.88. The Hall–Kier alpha value is -3.03. The average Bonchev–Trinajstić information content (AvgIpc) is 3.14. The van der Waals surface area contributed by atoms with Crippen LogP contribution in [-0.4, -0.2) is 15.1 Å². The molecule has 0 unspecified atom stereocenters. The lowest BCUT2D eigenvalue weighted by Gasteiger charge is -2.12. The third-order valence-electron chi connectivity index (χ3n) is 4.43. The fraction of sp³-hybridized carbons (Fsp3) is 0.0952. The molecule has 0 atom stereocenters. The minimum Gasteiger partial charge on any atom is -0.331 e. The van der Waals surface area contributed by atoms with E-state index in [0.717, 1.165) is 20.8 Å². The first-order chi connectivity index (χ1) is 13.6. The van der Waals surface area contributed by atoms with Crippen LogP contribution in [0.3, 0.4) is 0 Å². The molecule has 3 N–H and O–H groups in total. The molecule has 0 amide bonds. The number of benzene rings is 2. The van der Waals surface area contributed by atoms with Crippen molar-refractivity contribution in [1.29, 1.82) is 0 Å². The van der Waals surface area contributed by atoms with E-state index in [-0.39, 0.29) is 0 Å². The van der Waals surface area contributed by atoms with Crippen LogP contribution in [0.1, 0.15) is 11.1 Å². The van der Waals surface area contributed by atoms with E-state index in [4.69, 9.17) is 12.2 Å². The standard InChI is InChI=1S/C21H19N5S2/c1-13-8-9-15(10-14(13)2)18-11-17-19(28-18)20(23-12-22-17)25-26-21(27)24-16-6-4-3-5-7-16/h3-12H,1-2H3,(H,22,23,25)(H2,24,26,27). The van der Waals surface area contributed by atoms with E-state index in [0.29, 0.717) is 10.9 Å². The van der Waals surface area contributed by atoms with Crippen LogP contribution in [0.2, 0.25) is 0 Å². The third kappa shape index (κ3) is 3.95. The van der Waals surface area contributed by atoms with Gasteiger partial charge in [0.15, 0.2) is 10.9 Å². The SMILES string of the molecule is Cc1ccc(-c2cc3ncnc(NNC(=S)Nc4ccccc4)c3s2)cc1C. The number of aromatic nitrogens is 2. The van der Waals surface area contributed by atoms with Gasteiger partial charge in [0.25, 0.3) is 0 Å². The van der Waals surface area contributed by atoms with Crippen LogP contribution < -0.4 is 16.2 Å². The molecule has 0 radical (unpaired) electrons. The van der Waals surface area contributed by atoms with Gasteiger partial charge in [-0.2, -0.15) is 0 Å². The molecule has 2 aromatic carbocycles. The average molecular weight is 406 g/mol. The lowest BCUT2D eigenvalue weighted by Crippen LogP contribution is -2.33. The zero-order valence-corrected chi connectivity index (χ0v) is 17.1. The monoisotopic (exact) mass is 405 g/mol. The highest BCUT2D eigenvalue weighted by Gasteiger charge is 2.11. The van der Waals surface area contributed by atoms with E-state index < -0.39 is 0 Å². The van der Waals surface area contributed by atoms with Gasteiger partial charge in [-0.1, -0.05) is 36.4 Å². The molecule has 0 aliphatic carbocycles. The van der Waals surface area contributed by atoms with Crippen molar-refractivity contribution in [1.82, 2.24) is 15.4 Å². The fourth-order valence-corrected chi connectivity index (χ4v) is 4.00. The maximum absolute atomic E-state index is 5.34. The number of aryl methyl sites for hydroxylation is 2. The van der Waals surface area contributed by atoms with Gasteiger partial charge in [0.2, 0.25) is 0 Å². The van der Waals surface area contributed by atoms with Crippen molar-refractivity contribution in [2.45, 2.75) is 13.8 Å². The number of nitrogens with zero attached hydrogens (tertiary/aromatic N) is 2. The molecular formula is C21H19N5S2. The third-order valence-corrected chi connectivity index (χ3v) is 5.81. The van der Waals surface area contributed by atoms with Gasteiger partial charge in [-0.05, 0) is 61.0 Å². The summed E-state index contributed by atoms with van der Waals surface area (Å²) in [6.45, 7) is 4.25. The predicted octanol–water partition coefficient (Wildman–Crippen LogP) is 5.29. The summed E-state index contributed by atoms with van der Waals surface area (Å²) < 4.78 is 0.978. The highest BCUT2D eigenvalue weighted by Crippen LogP contribution is 2.36. The largest absolute Gasteiger partial charge is 0.331 e. The van der Waals surface area contributed by atoms with E-state index in [1.165, 1.54) is 16.7 Å². The number of thiophene rings is 1. The van der Waals surface area contributed by atoms with Gasteiger partial charge in [-0.15, -0.1) is 11.3 Å². The van der Waals surface area contributed by atoms with E-state index in [1.807, 2.05) is 30.3 Å². The first-order valence-electron chi connectivity index (χ1n) is 8.80. The zero-order valence-electron chi connectivity index (χ0n) is 15.5. The van der Waals surface area contributed by atoms with E-state index in [9.17, 15) is 0 Å². The normalized spacial score (nSPS) is 10.6. The van der Waals surface area contributed by atoms with E-state index in [2.05, 4.69) is 64.2 Å². The Labute approximate surface area is 172 Å². The Kier molecular flexibility index (Phi) is 5.18. The molecule has 0 saturated carbocycles. The van der Waals surface area contributed by atoms with Gasteiger partial charge < -0.3 is 5.32 Å². The second kappa shape index (κ2) is 7.92. The minimum absolute atomic E-state index is 0.462. The molecule has 0 bridgehead atoms. The Morgan fingerprint density at radius 3 is 2.57 bits per heavy atom. The number of hydrazine groups is 1. The Morgan fingerprint density at radius 2 is 1.79 bits per heavy atom. The molecule has 7 heteroatoms. The molecule has 28 heavy (non-hydrogen) atoms. The quantitative estimate of drug-likeness (QED) is 0.317. The Bertz CT molecular complexity index is 1140. The van der Waals surface area contributed by atoms with Crippen molar-refractivity contribution >= 4 is 50.4 Å². The van der Waals surface area contributed by atoms with E-state index in [1.54, 1.807) is 17.7 Å². The zero-order chi connectivity index (χ0) is 19.5. The van der Waals surface area contributed by atoms with Crippen molar-refractivity contribution in [3.63, 3.8) is 0 Å². The summed E-state index contributed by atoms with van der Waals surface area (Å²) in [5.74, 6) is 0.697. The molecule has 2 aromatic heterocycles. The fourth-order valence-electron chi connectivity index (χ4n) is 2.78. The van der Waals surface area contributed by atoms with Gasteiger partial charge in [0, 0.05) is 10.6 Å². The molecule has 0 saturated heterocycles. The number of fused-ring (bicyclic) bond motifs is 1. The minimum atomic E-state index is 0.462. The number of anilines is 2. The number of thiocarbonyl (C=S) groups is 1. The van der Waals surface area contributed by atoms with Crippen LogP contribution in [0, 0.1) is 13.8 Å². The smallest absolute Gasteiger partial charge is 0.189 e. The summed E-state index contributed by atoms with van der Waals surface area (Å²) in [7, 11) is 0. The number of rotatable bonds is 4. The van der Waals surface area contributed by atoms with Crippen molar-refractivity contribution in [3.8, 4) is 10.4 Å². The summed E-state index contributed by atoms with van der Waals surface area (Å²) in [6, 6.07) is 18.4. The molecule has 0 spiro atoms. The molecule has 0 aliphatic rings. The van der Waals surface area contributed by atoms with Crippen molar-refractivity contribution < 1.29 is 0 Å². The molecular weight excluding hydrogens is 386 g/mol. The first-order valence-corrected chi connectivity index (χ1v) is 10.0. The van der Waals surface area contributed by atoms with E-state index >= 15 is 0 Å². The predicted molar refractivity (Wildman–Crippen MR) is 122 cm³/mol. The Morgan fingerprint density at radius 1 is 0.964 bits per heavy atom. The van der Waals surface area contributed by atoms with Crippen molar-refractivity contribution in [2.75, 3.05) is 10.7 Å². The summed E-state index contributed by atoms with van der Waals surface area (Å²) in [4.78, 5) is 9.93. The van der Waals surface area contributed by atoms with Crippen LogP contribution in [-0.2, 0) is 0 Å². The number of para-hydroxylation sites is 1. The lowest BCUT2D eigenvalue weighted by molar-refractivity contribution is 1.09. The molecule has 140 valence electrons. The number of hydrogen-bond acceptors (Lipinski definition) is 5. The molecule has 0 fully saturated rings. The van der Waals surface area contributed by atoms with Crippen LogP contribution >= 0.6 is 23.6 Å². The summed E-state index contributed by atoms with van der Waals surface area (Å²) in [6.07, 6.45) is 1.55. The molecule has 5 nitrogen and oxygen atoms in total. The number of hydrogen-bond donors (Lipinski definition) is 3. The first kappa shape index (κ1) is 18.3. The molecule has 4 rings (SSSR count). The van der Waals surface area contributed by atoms with Gasteiger partial charge in [0.1, 0.15) is 6.33 Å². The summed E-state index contributed by atoms with van der Waals surface area (Å²) >= 11 is 7.00. The second-order valence-electron chi connectivity index (χ2n) is 6.42. The highest BCUT2D eigenvalue weighted by atomic mass is 32.1. The molecule has 0 aliphatic heterocycles. The number of nitrogens with one attached hydrogen (secondary N) is 3. The van der Waals surface area contributed by atoms with Gasteiger partial charge in [0.05, 0.1) is 10.2 Å². The topological polar surface area (TPSA) is 61.9 Å². The maximum Gasteiger partial charge on any atom is 0.189 e. The van der Waals surface area contributed by atoms with Crippen LogP contribution in [0.15, 0.2) is 60.9 Å². The van der Waals surface area contributed by atoms with Crippen LogP contribution in [0.5, 0.6) is 0 Å². The highest BCUT2D eigenvalue weighted by molar-refractivity contribution is 7.80. The molecule has 4 aromatic rings. The van der Waals surface area contributed by atoms with Gasteiger partial charge >= 0.3 is 0 Å². The van der Waals surface area contributed by atoms with Crippen LogP contribution in [0.4, 0.5) is 11.5 Å². The Balaban J connectivity index is 1.54. The lowest BCUT2D eigenvalue weighted by atomic mass is 10.1. The van der Waals surface area contributed by atoms with Gasteiger partial charge in [-0.3, -0.25) is 10.9 Å². The molecule has 2 heterocycles. The van der Waals surface area contributed by atoms with Crippen molar-refractivity contribution in [2.24, 2.45) is 0 Å². The maximum atomic E-state index is 5.34. The van der Waals surface area contributed by atoms with Crippen LogP contribution in [0.25, 0.3) is 20.7 Å². The van der Waals surface area contributed by atoms with Gasteiger partial charge in [-0.25, -0.2) is 9.97 Å². The van der Waals surface area contributed by atoms with Crippen molar-refractivity contribution in [3.05, 3.63) is 72.1 Å². The summed E-state index contributed by atoms with van der Waals surface area (Å²) in [5, 5.41) is 3.58. The summed E-state index contributed by atoms with van der Waals surface area (Å²) in [5.41, 5.74) is 11.7.